The maximum Gasteiger partial charge on any atom is 0.0604 e. The van der Waals surface area contributed by atoms with Crippen LogP contribution in [0.2, 0.25) is 0 Å². The van der Waals surface area contributed by atoms with Crippen LogP contribution in [0.1, 0.15) is 52.4 Å². The summed E-state index contributed by atoms with van der Waals surface area (Å²) in [5.41, 5.74) is 0. The molecule has 0 N–H and O–H groups in total. The average Bonchev–Trinajstić information content (AvgIpc) is 2.19. The minimum atomic E-state index is 0.545. The molecule has 0 aliphatic carbocycles. The number of ether oxygens (including phenoxy) is 1. The van der Waals surface area contributed by atoms with Crippen LogP contribution in [0.5, 0.6) is 0 Å². The molecule has 1 rings (SSSR count). The summed E-state index contributed by atoms with van der Waals surface area (Å²) < 4.78 is 5.91. The smallest absolute Gasteiger partial charge is 0.0604 e. The molecule has 2 atom stereocenters. The Labute approximate surface area is 96.7 Å². The van der Waals surface area contributed by atoms with Gasteiger partial charge in [-0.25, -0.2) is 0 Å². The Morgan fingerprint density at radius 2 is 1.86 bits per heavy atom. The fourth-order valence-electron chi connectivity index (χ4n) is 2.37. The lowest BCUT2D eigenvalue weighted by molar-refractivity contribution is -0.0217. The Balaban J connectivity index is 2.34. The lowest BCUT2D eigenvalue weighted by Crippen LogP contribution is -2.32. The Kier molecular flexibility index (Phi) is 6.11. The summed E-state index contributed by atoms with van der Waals surface area (Å²) in [6.45, 7) is 5.46. The van der Waals surface area contributed by atoms with E-state index >= 15 is 0 Å². The maximum absolute atomic E-state index is 5.91. The number of hydrogen-bond donors (Lipinski definition) is 0. The monoisotopic (exact) mass is 262 g/mol. The van der Waals surface area contributed by atoms with E-state index in [1.54, 1.807) is 0 Å². The molecule has 0 aromatic carbocycles. The summed E-state index contributed by atoms with van der Waals surface area (Å²) in [7, 11) is 0. The zero-order valence-corrected chi connectivity index (χ0v) is 11.1. The summed E-state index contributed by atoms with van der Waals surface area (Å²) in [5, 5.41) is 0. The third-order valence-corrected chi connectivity index (χ3v) is 3.82. The van der Waals surface area contributed by atoms with Crippen LogP contribution in [0.3, 0.4) is 0 Å². The van der Waals surface area contributed by atoms with Crippen molar-refractivity contribution in [2.24, 2.45) is 5.92 Å². The highest BCUT2D eigenvalue weighted by Crippen LogP contribution is 2.29. The standard InChI is InChI=1S/C12H23BrO/c1-3-5-10(6-4-2)12-8-7-11(13)9-14-12/h10-12H,3-9H2,1-2H3. The van der Waals surface area contributed by atoms with Crippen molar-refractivity contribution in [3.8, 4) is 0 Å². The van der Waals surface area contributed by atoms with E-state index in [-0.39, 0.29) is 0 Å². The van der Waals surface area contributed by atoms with Crippen LogP contribution in [0.15, 0.2) is 0 Å². The van der Waals surface area contributed by atoms with Crippen LogP contribution in [-0.2, 0) is 4.74 Å². The Morgan fingerprint density at radius 3 is 2.29 bits per heavy atom. The lowest BCUT2D eigenvalue weighted by atomic mass is 9.88. The highest BCUT2D eigenvalue weighted by molar-refractivity contribution is 9.09. The normalized spacial score (nSPS) is 28.3. The van der Waals surface area contributed by atoms with Gasteiger partial charge in [0, 0.05) is 4.83 Å². The molecular formula is C12H23BrO. The van der Waals surface area contributed by atoms with Gasteiger partial charge in [-0.05, 0) is 31.6 Å². The van der Waals surface area contributed by atoms with Crippen molar-refractivity contribution in [2.45, 2.75) is 63.3 Å². The molecule has 1 nitrogen and oxygen atoms in total. The Bertz CT molecular complexity index is 135. The minimum Gasteiger partial charge on any atom is -0.377 e. The predicted molar refractivity (Wildman–Crippen MR) is 65.0 cm³/mol. The zero-order valence-electron chi connectivity index (χ0n) is 9.47. The predicted octanol–water partition coefficient (Wildman–Crippen LogP) is 4.15. The quantitative estimate of drug-likeness (QED) is 0.677. The van der Waals surface area contributed by atoms with E-state index in [1.165, 1.54) is 38.5 Å². The van der Waals surface area contributed by atoms with Crippen LogP contribution in [-0.4, -0.2) is 17.5 Å². The molecule has 1 fully saturated rings. The summed E-state index contributed by atoms with van der Waals surface area (Å²) in [6.07, 6.45) is 8.35. The van der Waals surface area contributed by atoms with E-state index in [1.807, 2.05) is 0 Å². The topological polar surface area (TPSA) is 9.23 Å². The molecule has 1 heterocycles. The second-order valence-corrected chi connectivity index (χ2v) is 5.68. The summed E-state index contributed by atoms with van der Waals surface area (Å²) in [4.78, 5) is 0.600. The van der Waals surface area contributed by atoms with Crippen molar-refractivity contribution in [3.05, 3.63) is 0 Å². The van der Waals surface area contributed by atoms with Crippen LogP contribution in [0.25, 0.3) is 0 Å². The third-order valence-electron chi connectivity index (χ3n) is 3.10. The van der Waals surface area contributed by atoms with Crippen LogP contribution in [0, 0.1) is 5.92 Å². The second kappa shape index (κ2) is 6.84. The first-order valence-corrected chi connectivity index (χ1v) is 6.95. The van der Waals surface area contributed by atoms with Gasteiger partial charge >= 0.3 is 0 Å². The van der Waals surface area contributed by atoms with Crippen LogP contribution >= 0.6 is 15.9 Å². The molecule has 0 bridgehead atoms. The molecule has 14 heavy (non-hydrogen) atoms. The van der Waals surface area contributed by atoms with Crippen molar-refractivity contribution in [1.82, 2.24) is 0 Å². The molecular weight excluding hydrogens is 240 g/mol. The van der Waals surface area contributed by atoms with Gasteiger partial charge in [0.15, 0.2) is 0 Å². The van der Waals surface area contributed by atoms with Gasteiger partial charge in [0.1, 0.15) is 0 Å². The SMILES string of the molecule is CCCC(CCC)C1CCC(Br)CO1. The first kappa shape index (κ1) is 12.5. The van der Waals surface area contributed by atoms with Crippen molar-refractivity contribution in [2.75, 3.05) is 6.61 Å². The molecule has 0 spiro atoms. The largest absolute Gasteiger partial charge is 0.377 e. The molecule has 0 saturated carbocycles. The van der Waals surface area contributed by atoms with Crippen LogP contribution < -0.4 is 0 Å². The van der Waals surface area contributed by atoms with E-state index in [0.29, 0.717) is 10.9 Å². The second-order valence-electron chi connectivity index (χ2n) is 4.38. The summed E-state index contributed by atoms with van der Waals surface area (Å²) in [6, 6.07) is 0. The Morgan fingerprint density at radius 1 is 1.21 bits per heavy atom. The van der Waals surface area contributed by atoms with Gasteiger partial charge < -0.3 is 4.74 Å². The van der Waals surface area contributed by atoms with Gasteiger partial charge in [-0.3, -0.25) is 0 Å². The van der Waals surface area contributed by atoms with E-state index in [9.17, 15) is 0 Å². The third kappa shape index (κ3) is 3.90. The van der Waals surface area contributed by atoms with Gasteiger partial charge in [-0.1, -0.05) is 42.6 Å². The van der Waals surface area contributed by atoms with Crippen molar-refractivity contribution in [3.63, 3.8) is 0 Å². The fourth-order valence-corrected chi connectivity index (χ4v) is 2.79. The summed E-state index contributed by atoms with van der Waals surface area (Å²) in [5.74, 6) is 0.810. The van der Waals surface area contributed by atoms with Crippen molar-refractivity contribution < 1.29 is 4.74 Å². The molecule has 2 heteroatoms. The van der Waals surface area contributed by atoms with E-state index in [0.717, 1.165) is 12.5 Å². The Hall–Kier alpha value is 0.440. The molecule has 1 saturated heterocycles. The number of hydrogen-bond acceptors (Lipinski definition) is 1. The van der Waals surface area contributed by atoms with E-state index < -0.39 is 0 Å². The van der Waals surface area contributed by atoms with Crippen molar-refractivity contribution in [1.29, 1.82) is 0 Å². The first-order chi connectivity index (χ1) is 6.77. The minimum absolute atomic E-state index is 0.545. The van der Waals surface area contributed by atoms with Gasteiger partial charge in [0.25, 0.3) is 0 Å². The van der Waals surface area contributed by atoms with Crippen molar-refractivity contribution >= 4 is 15.9 Å². The molecule has 0 radical (unpaired) electrons. The highest BCUT2D eigenvalue weighted by Gasteiger charge is 2.26. The van der Waals surface area contributed by atoms with E-state index in [2.05, 4.69) is 29.8 Å². The van der Waals surface area contributed by atoms with Crippen LogP contribution in [0.4, 0.5) is 0 Å². The molecule has 84 valence electrons. The van der Waals surface area contributed by atoms with E-state index in [4.69, 9.17) is 4.74 Å². The zero-order chi connectivity index (χ0) is 10.4. The maximum atomic E-state index is 5.91. The molecule has 1 aliphatic heterocycles. The van der Waals surface area contributed by atoms with Gasteiger partial charge in [0.05, 0.1) is 12.7 Å². The first-order valence-electron chi connectivity index (χ1n) is 6.03. The fraction of sp³-hybridized carbons (Fsp3) is 1.00. The van der Waals surface area contributed by atoms with Gasteiger partial charge in [0.2, 0.25) is 0 Å². The molecule has 0 aromatic heterocycles. The lowest BCUT2D eigenvalue weighted by Gasteiger charge is -2.32. The van der Waals surface area contributed by atoms with Gasteiger partial charge in [-0.15, -0.1) is 0 Å². The van der Waals surface area contributed by atoms with Gasteiger partial charge in [-0.2, -0.15) is 0 Å². The highest BCUT2D eigenvalue weighted by atomic mass is 79.9. The molecule has 0 amide bonds. The number of alkyl halides is 1. The molecule has 0 aromatic rings. The number of halogens is 1. The average molecular weight is 263 g/mol. The molecule has 2 unspecified atom stereocenters. The molecule has 1 aliphatic rings. The number of rotatable bonds is 5. The summed E-state index contributed by atoms with van der Waals surface area (Å²) >= 11 is 3.62.